The van der Waals surface area contributed by atoms with Gasteiger partial charge in [-0.25, -0.2) is 4.98 Å². The number of nitrogens with one attached hydrogen (secondary N) is 2. The van der Waals surface area contributed by atoms with Crippen LogP contribution in [0.3, 0.4) is 0 Å². The molecule has 5 heterocycles. The first kappa shape index (κ1) is 21.4. The van der Waals surface area contributed by atoms with E-state index in [0.29, 0.717) is 25.5 Å². The van der Waals surface area contributed by atoms with E-state index >= 15 is 0 Å². The zero-order valence-corrected chi connectivity index (χ0v) is 18.8. The van der Waals surface area contributed by atoms with Crippen molar-refractivity contribution < 1.29 is 23.7 Å². The molecule has 11 heteroatoms. The Morgan fingerprint density at radius 1 is 1.24 bits per heavy atom. The largest absolute Gasteiger partial charge is 0.370 e. The van der Waals surface area contributed by atoms with Crippen LogP contribution in [0.2, 0.25) is 0 Å². The first-order chi connectivity index (χ1) is 16.4. The highest BCUT2D eigenvalue weighted by Gasteiger charge is 2.61. The molecule has 3 aliphatic heterocycles. The molecule has 11 nitrogen and oxygen atoms in total. The number of anilines is 1. The summed E-state index contributed by atoms with van der Waals surface area (Å²) >= 11 is 0. The van der Waals surface area contributed by atoms with Gasteiger partial charge in [-0.2, -0.15) is 4.98 Å². The molecule has 3 aliphatic rings. The van der Waals surface area contributed by atoms with Crippen LogP contribution in [-0.4, -0.2) is 63.1 Å². The minimum Gasteiger partial charge on any atom is -0.370 e. The van der Waals surface area contributed by atoms with E-state index in [9.17, 15) is 9.59 Å². The van der Waals surface area contributed by atoms with Crippen LogP contribution in [-0.2, 0) is 23.7 Å². The third-order valence-corrected chi connectivity index (χ3v) is 6.63. The number of rotatable bonds is 4. The van der Waals surface area contributed by atoms with Crippen LogP contribution in [0.15, 0.2) is 41.5 Å². The Morgan fingerprint density at radius 2 is 2.03 bits per heavy atom. The summed E-state index contributed by atoms with van der Waals surface area (Å²) in [6.45, 7) is 4.54. The Bertz CT molecular complexity index is 1290. The van der Waals surface area contributed by atoms with E-state index in [4.69, 9.17) is 18.9 Å². The lowest BCUT2D eigenvalue weighted by molar-refractivity contribution is -0.311. The molecule has 3 saturated heterocycles. The van der Waals surface area contributed by atoms with Crippen molar-refractivity contribution in [3.05, 3.63) is 52.6 Å². The smallest absolute Gasteiger partial charge is 0.280 e. The zero-order chi connectivity index (χ0) is 23.4. The van der Waals surface area contributed by atoms with Gasteiger partial charge < -0.3 is 23.5 Å². The van der Waals surface area contributed by atoms with Gasteiger partial charge in [0, 0.05) is 11.5 Å². The molecule has 0 spiro atoms. The highest BCUT2D eigenvalue weighted by Crippen LogP contribution is 2.47. The predicted molar refractivity (Wildman–Crippen MR) is 119 cm³/mol. The van der Waals surface area contributed by atoms with Crippen LogP contribution in [0.5, 0.6) is 0 Å². The molecule has 178 valence electrons. The number of amides is 1. The van der Waals surface area contributed by atoms with Crippen LogP contribution in [0.1, 0.15) is 31.7 Å². The predicted octanol–water partition coefficient (Wildman–Crippen LogP) is 1.54. The second kappa shape index (κ2) is 7.98. The first-order valence-corrected chi connectivity index (χ1v) is 11.3. The molecule has 0 saturated carbocycles. The van der Waals surface area contributed by atoms with Gasteiger partial charge >= 0.3 is 0 Å². The second-order valence-corrected chi connectivity index (χ2v) is 9.21. The van der Waals surface area contributed by atoms with Gasteiger partial charge in [-0.1, -0.05) is 44.2 Å². The standard InChI is InChI=1S/C23H25N5O6/c1-12(2)19(29)26-22-25-18-15(20(30)27-22)24-11-28(18)14-8-33-23-9-31-16(14)17(23)34-21(32-10-23)13-6-4-3-5-7-13/h3-7,11-12,14,16-17,21H,8-10H2,1-2H3,(H2,25,26,27,29,30)/t14-,16+,17?,21+,23?/m0/s1. The van der Waals surface area contributed by atoms with E-state index in [1.165, 1.54) is 0 Å². The van der Waals surface area contributed by atoms with Gasteiger partial charge in [-0.3, -0.25) is 19.9 Å². The van der Waals surface area contributed by atoms with Gasteiger partial charge in [0.25, 0.3) is 5.56 Å². The summed E-state index contributed by atoms with van der Waals surface area (Å²) in [5.41, 5.74) is 0.321. The number of H-pyrrole nitrogens is 1. The van der Waals surface area contributed by atoms with Gasteiger partial charge in [-0.15, -0.1) is 0 Å². The Kier molecular flexibility index (Phi) is 5.03. The zero-order valence-electron chi connectivity index (χ0n) is 18.8. The number of carbonyl (C=O) groups excluding carboxylic acids is 1. The molecule has 0 radical (unpaired) electrons. The van der Waals surface area contributed by atoms with Crippen molar-refractivity contribution in [2.45, 2.75) is 44.0 Å². The number of ether oxygens (including phenoxy) is 4. The molecule has 34 heavy (non-hydrogen) atoms. The summed E-state index contributed by atoms with van der Waals surface area (Å²) in [6, 6.07) is 9.40. The summed E-state index contributed by atoms with van der Waals surface area (Å²) in [6.07, 6.45) is 0.308. The van der Waals surface area contributed by atoms with E-state index in [2.05, 4.69) is 20.3 Å². The van der Waals surface area contributed by atoms with Gasteiger partial charge in [-0.05, 0) is 0 Å². The van der Waals surface area contributed by atoms with Crippen molar-refractivity contribution in [2.24, 2.45) is 5.92 Å². The van der Waals surface area contributed by atoms with Crippen molar-refractivity contribution >= 4 is 23.0 Å². The fourth-order valence-corrected chi connectivity index (χ4v) is 4.76. The Labute approximate surface area is 194 Å². The van der Waals surface area contributed by atoms with Crippen LogP contribution >= 0.6 is 0 Å². The van der Waals surface area contributed by atoms with E-state index < -0.39 is 17.5 Å². The van der Waals surface area contributed by atoms with E-state index in [0.717, 1.165) is 5.56 Å². The van der Waals surface area contributed by atoms with E-state index in [1.54, 1.807) is 24.7 Å². The third kappa shape index (κ3) is 3.35. The lowest BCUT2D eigenvalue weighted by Crippen LogP contribution is -2.60. The molecule has 6 rings (SSSR count). The number of carbonyl (C=O) groups is 1. The molecule has 0 aliphatic carbocycles. The van der Waals surface area contributed by atoms with Crippen molar-refractivity contribution in [3.8, 4) is 0 Å². The third-order valence-electron chi connectivity index (χ3n) is 6.63. The second-order valence-electron chi connectivity index (χ2n) is 9.21. The van der Waals surface area contributed by atoms with Gasteiger partial charge in [0.2, 0.25) is 11.9 Å². The summed E-state index contributed by atoms with van der Waals surface area (Å²) in [5, 5.41) is 2.65. The average Bonchev–Trinajstić information content (AvgIpc) is 3.38. The van der Waals surface area contributed by atoms with Crippen molar-refractivity contribution in [2.75, 3.05) is 25.1 Å². The normalized spacial score (nSPS) is 30.4. The molecular formula is C23H25N5O6. The van der Waals surface area contributed by atoms with Gasteiger partial charge in [0.15, 0.2) is 17.5 Å². The highest BCUT2D eigenvalue weighted by molar-refractivity contribution is 5.91. The molecule has 2 aromatic heterocycles. The monoisotopic (exact) mass is 467 g/mol. The SMILES string of the molecule is CC(C)C(=O)Nc1nc2c(ncn2[C@H]2COC34CO[C@@H](c5ccccc5)OC3[C@@H]2OC4)c(=O)[nH]1. The lowest BCUT2D eigenvalue weighted by Gasteiger charge is -2.46. The van der Waals surface area contributed by atoms with Gasteiger partial charge in [0.1, 0.15) is 17.8 Å². The first-order valence-electron chi connectivity index (χ1n) is 11.3. The number of hydrogen-bond donors (Lipinski definition) is 2. The van der Waals surface area contributed by atoms with Crippen LogP contribution < -0.4 is 10.9 Å². The Balaban J connectivity index is 1.33. The summed E-state index contributed by atoms with van der Waals surface area (Å²) < 4.78 is 26.6. The molecule has 1 amide bonds. The summed E-state index contributed by atoms with van der Waals surface area (Å²) in [5.74, 6) is -0.440. The minimum atomic E-state index is -0.676. The van der Waals surface area contributed by atoms with Gasteiger partial charge in [0.05, 0.1) is 32.2 Å². The highest BCUT2D eigenvalue weighted by atomic mass is 16.7. The number of aromatic amines is 1. The number of hydrogen-bond acceptors (Lipinski definition) is 8. The quantitative estimate of drug-likeness (QED) is 0.591. The molecule has 3 fully saturated rings. The van der Waals surface area contributed by atoms with Crippen molar-refractivity contribution in [1.82, 2.24) is 19.5 Å². The molecule has 2 unspecified atom stereocenters. The fourth-order valence-electron chi connectivity index (χ4n) is 4.76. The minimum absolute atomic E-state index is 0.0721. The van der Waals surface area contributed by atoms with Crippen LogP contribution in [0.4, 0.5) is 5.95 Å². The van der Waals surface area contributed by atoms with Crippen molar-refractivity contribution in [1.29, 1.82) is 0 Å². The molecular weight excluding hydrogens is 442 g/mol. The maximum absolute atomic E-state index is 12.6. The number of nitrogens with zero attached hydrogens (tertiary/aromatic N) is 3. The van der Waals surface area contributed by atoms with Crippen LogP contribution in [0.25, 0.3) is 11.2 Å². The maximum Gasteiger partial charge on any atom is 0.280 e. The molecule has 2 N–H and O–H groups in total. The summed E-state index contributed by atoms with van der Waals surface area (Å²) in [7, 11) is 0. The summed E-state index contributed by atoms with van der Waals surface area (Å²) in [4.78, 5) is 36.1. The van der Waals surface area contributed by atoms with E-state index in [1.807, 2.05) is 30.3 Å². The lowest BCUT2D eigenvalue weighted by atomic mass is 9.89. The molecule has 2 bridgehead atoms. The molecule has 1 aromatic carbocycles. The topological polar surface area (TPSA) is 130 Å². The Hall–Kier alpha value is -3.12. The van der Waals surface area contributed by atoms with E-state index in [-0.39, 0.29) is 41.5 Å². The van der Waals surface area contributed by atoms with Crippen molar-refractivity contribution in [3.63, 3.8) is 0 Å². The fraction of sp³-hybridized carbons (Fsp3) is 0.478. The van der Waals surface area contributed by atoms with Crippen LogP contribution in [0, 0.1) is 5.92 Å². The molecule has 5 atom stereocenters. The number of aromatic nitrogens is 4. The maximum atomic E-state index is 12.6. The molecule has 3 aromatic rings. The Morgan fingerprint density at radius 3 is 2.82 bits per heavy atom. The number of fused-ring (bicyclic) bond motifs is 1. The average molecular weight is 467 g/mol. The number of imidazole rings is 1. The number of benzene rings is 1.